The SMILES string of the molecule is CC1(C)OC(=O)C(=Cc2ccc(Oc3ccccc3)c(Br)c2)C(=O)O1. The van der Waals surface area contributed by atoms with Crippen molar-refractivity contribution in [3.05, 3.63) is 64.1 Å². The highest BCUT2D eigenvalue weighted by Gasteiger charge is 2.38. The van der Waals surface area contributed by atoms with Crippen molar-refractivity contribution in [1.29, 1.82) is 0 Å². The smallest absolute Gasteiger partial charge is 0.348 e. The molecule has 1 aliphatic rings. The third kappa shape index (κ3) is 4.09. The van der Waals surface area contributed by atoms with Crippen molar-refractivity contribution in [3.8, 4) is 11.5 Å². The zero-order valence-corrected chi connectivity index (χ0v) is 15.2. The van der Waals surface area contributed by atoms with Crippen molar-refractivity contribution in [1.82, 2.24) is 0 Å². The van der Waals surface area contributed by atoms with Crippen molar-refractivity contribution >= 4 is 33.9 Å². The molecule has 0 N–H and O–H groups in total. The number of ether oxygens (including phenoxy) is 3. The minimum atomic E-state index is -1.25. The van der Waals surface area contributed by atoms with Gasteiger partial charge in [-0.05, 0) is 51.8 Å². The van der Waals surface area contributed by atoms with Crippen molar-refractivity contribution < 1.29 is 23.8 Å². The van der Waals surface area contributed by atoms with E-state index in [0.717, 1.165) is 0 Å². The molecule has 2 aromatic rings. The van der Waals surface area contributed by atoms with E-state index in [1.165, 1.54) is 19.9 Å². The molecule has 0 aliphatic carbocycles. The number of rotatable bonds is 3. The van der Waals surface area contributed by atoms with Gasteiger partial charge in [0.15, 0.2) is 0 Å². The van der Waals surface area contributed by atoms with Gasteiger partial charge in [0.1, 0.15) is 17.1 Å². The van der Waals surface area contributed by atoms with Crippen molar-refractivity contribution in [3.63, 3.8) is 0 Å². The molecule has 1 heterocycles. The van der Waals surface area contributed by atoms with E-state index >= 15 is 0 Å². The molecule has 0 aromatic heterocycles. The molecule has 0 amide bonds. The normalized spacial score (nSPS) is 16.0. The standard InChI is InChI=1S/C19H15BrO5/c1-19(2)24-17(21)14(18(22)25-19)10-12-8-9-16(15(20)11-12)23-13-6-4-3-5-7-13/h3-11H,1-2H3. The van der Waals surface area contributed by atoms with Crippen LogP contribution < -0.4 is 4.74 Å². The van der Waals surface area contributed by atoms with E-state index in [9.17, 15) is 9.59 Å². The fourth-order valence-corrected chi connectivity index (χ4v) is 2.73. The van der Waals surface area contributed by atoms with E-state index in [-0.39, 0.29) is 5.57 Å². The molecule has 6 heteroatoms. The highest BCUT2D eigenvalue weighted by atomic mass is 79.9. The summed E-state index contributed by atoms with van der Waals surface area (Å²) in [5, 5.41) is 0. The maximum absolute atomic E-state index is 12.0. The molecule has 128 valence electrons. The molecule has 1 saturated heterocycles. The largest absolute Gasteiger partial charge is 0.456 e. The van der Waals surface area contributed by atoms with Gasteiger partial charge in [-0.3, -0.25) is 0 Å². The zero-order chi connectivity index (χ0) is 18.0. The van der Waals surface area contributed by atoms with Crippen LogP contribution in [0.3, 0.4) is 0 Å². The zero-order valence-electron chi connectivity index (χ0n) is 13.6. The van der Waals surface area contributed by atoms with Crippen LogP contribution in [0.5, 0.6) is 11.5 Å². The Morgan fingerprint density at radius 2 is 1.64 bits per heavy atom. The van der Waals surface area contributed by atoms with E-state index in [1.807, 2.05) is 30.3 Å². The fraction of sp³-hybridized carbons (Fsp3) is 0.158. The summed E-state index contributed by atoms with van der Waals surface area (Å²) in [6.45, 7) is 3.01. The van der Waals surface area contributed by atoms with Crippen LogP contribution in [0.4, 0.5) is 0 Å². The highest BCUT2D eigenvalue weighted by molar-refractivity contribution is 9.10. The number of cyclic esters (lactones) is 2. The number of benzene rings is 2. The minimum Gasteiger partial charge on any atom is -0.456 e. The van der Waals surface area contributed by atoms with Crippen LogP contribution in [-0.2, 0) is 19.1 Å². The Morgan fingerprint density at radius 3 is 2.24 bits per heavy atom. The molecule has 0 radical (unpaired) electrons. The molecule has 0 saturated carbocycles. The van der Waals surface area contributed by atoms with Crippen LogP contribution in [0, 0.1) is 0 Å². The van der Waals surface area contributed by atoms with Gasteiger partial charge in [0, 0.05) is 13.8 Å². The predicted octanol–water partition coefficient (Wildman–Crippen LogP) is 4.46. The quantitative estimate of drug-likeness (QED) is 0.430. The van der Waals surface area contributed by atoms with E-state index in [2.05, 4.69) is 15.9 Å². The van der Waals surface area contributed by atoms with Crippen molar-refractivity contribution in [2.24, 2.45) is 0 Å². The average molecular weight is 403 g/mol. The molecule has 3 rings (SSSR count). The number of hydrogen-bond acceptors (Lipinski definition) is 5. The van der Waals surface area contributed by atoms with Crippen LogP contribution in [-0.4, -0.2) is 17.7 Å². The number of halogens is 1. The molecule has 1 fully saturated rings. The van der Waals surface area contributed by atoms with E-state index < -0.39 is 17.7 Å². The Hall–Kier alpha value is -2.60. The molecule has 0 atom stereocenters. The Balaban J connectivity index is 1.83. The van der Waals surface area contributed by atoms with Crippen molar-refractivity contribution in [2.45, 2.75) is 19.6 Å². The summed E-state index contributed by atoms with van der Waals surface area (Å²) in [6.07, 6.45) is 1.43. The average Bonchev–Trinajstić information content (AvgIpc) is 2.53. The molecule has 5 nitrogen and oxygen atoms in total. The third-order valence-corrected chi connectivity index (χ3v) is 3.97. The van der Waals surface area contributed by atoms with Crippen LogP contribution in [0.1, 0.15) is 19.4 Å². The maximum Gasteiger partial charge on any atom is 0.348 e. The summed E-state index contributed by atoms with van der Waals surface area (Å²) in [5.74, 6) is -1.34. The molecular weight excluding hydrogens is 388 g/mol. The summed E-state index contributed by atoms with van der Waals surface area (Å²) >= 11 is 3.43. The summed E-state index contributed by atoms with van der Waals surface area (Å²) in [4.78, 5) is 24.0. The van der Waals surface area contributed by atoms with Crippen LogP contribution in [0.15, 0.2) is 58.6 Å². The van der Waals surface area contributed by atoms with Gasteiger partial charge in [0.2, 0.25) is 0 Å². The van der Waals surface area contributed by atoms with Gasteiger partial charge in [-0.25, -0.2) is 9.59 Å². The molecule has 2 aromatic carbocycles. The van der Waals surface area contributed by atoms with Crippen LogP contribution >= 0.6 is 15.9 Å². The number of esters is 2. The van der Waals surface area contributed by atoms with Crippen molar-refractivity contribution in [2.75, 3.05) is 0 Å². The first-order valence-corrected chi connectivity index (χ1v) is 8.34. The lowest BCUT2D eigenvalue weighted by atomic mass is 10.1. The lowest BCUT2D eigenvalue weighted by molar-refractivity contribution is -0.222. The summed E-state index contributed by atoms with van der Waals surface area (Å²) < 4.78 is 16.6. The predicted molar refractivity (Wildman–Crippen MR) is 94.9 cm³/mol. The Morgan fingerprint density at radius 1 is 1.00 bits per heavy atom. The molecular formula is C19H15BrO5. The first kappa shape index (κ1) is 17.2. The molecule has 25 heavy (non-hydrogen) atoms. The van der Waals surface area contributed by atoms with E-state index in [0.29, 0.717) is 21.5 Å². The Bertz CT molecular complexity index is 833. The number of carbonyl (C=O) groups is 2. The lowest BCUT2D eigenvalue weighted by Gasteiger charge is -2.29. The molecule has 0 bridgehead atoms. The highest BCUT2D eigenvalue weighted by Crippen LogP contribution is 2.32. The second-order valence-electron chi connectivity index (χ2n) is 5.84. The monoisotopic (exact) mass is 402 g/mol. The second kappa shape index (κ2) is 6.72. The number of carbonyl (C=O) groups excluding carboxylic acids is 2. The Labute approximate surface area is 153 Å². The van der Waals surface area contributed by atoms with Gasteiger partial charge in [-0.1, -0.05) is 24.3 Å². The fourth-order valence-electron chi connectivity index (χ4n) is 2.25. The Kier molecular flexibility index (Phi) is 4.63. The van der Waals surface area contributed by atoms with Gasteiger partial charge in [0.25, 0.3) is 5.79 Å². The first-order chi connectivity index (χ1) is 11.8. The third-order valence-electron chi connectivity index (χ3n) is 3.35. The number of para-hydroxylation sites is 1. The molecule has 1 aliphatic heterocycles. The summed E-state index contributed by atoms with van der Waals surface area (Å²) in [5.41, 5.74) is 0.485. The first-order valence-electron chi connectivity index (χ1n) is 7.55. The van der Waals surface area contributed by atoms with Crippen LogP contribution in [0.25, 0.3) is 6.08 Å². The molecule has 0 unspecified atom stereocenters. The van der Waals surface area contributed by atoms with Gasteiger partial charge in [0.05, 0.1) is 4.47 Å². The molecule has 0 spiro atoms. The topological polar surface area (TPSA) is 61.8 Å². The van der Waals surface area contributed by atoms with Gasteiger partial charge in [-0.15, -0.1) is 0 Å². The van der Waals surface area contributed by atoms with Crippen LogP contribution in [0.2, 0.25) is 0 Å². The summed E-state index contributed by atoms with van der Waals surface area (Å²) in [6, 6.07) is 14.6. The van der Waals surface area contributed by atoms with Gasteiger partial charge < -0.3 is 14.2 Å². The maximum atomic E-state index is 12.0. The summed E-state index contributed by atoms with van der Waals surface area (Å²) in [7, 11) is 0. The number of hydrogen-bond donors (Lipinski definition) is 0. The lowest BCUT2D eigenvalue weighted by Crippen LogP contribution is -2.41. The second-order valence-corrected chi connectivity index (χ2v) is 6.70. The van der Waals surface area contributed by atoms with E-state index in [1.54, 1.807) is 18.2 Å². The van der Waals surface area contributed by atoms with Gasteiger partial charge >= 0.3 is 11.9 Å². The van der Waals surface area contributed by atoms with E-state index in [4.69, 9.17) is 14.2 Å². The van der Waals surface area contributed by atoms with Gasteiger partial charge in [-0.2, -0.15) is 0 Å². The minimum absolute atomic E-state index is 0.150.